The van der Waals surface area contributed by atoms with Crippen LogP contribution < -0.4 is 5.56 Å². The van der Waals surface area contributed by atoms with Crippen molar-refractivity contribution < 1.29 is 9.90 Å². The van der Waals surface area contributed by atoms with E-state index in [1.54, 1.807) is 41.0 Å². The summed E-state index contributed by atoms with van der Waals surface area (Å²) < 4.78 is 1.55. The minimum Gasteiger partial charge on any atom is -0.478 e. The summed E-state index contributed by atoms with van der Waals surface area (Å²) in [6.45, 7) is 2.28. The molecule has 0 fully saturated rings. The summed E-state index contributed by atoms with van der Waals surface area (Å²) in [5.74, 6) is -1.05. The fourth-order valence-electron chi connectivity index (χ4n) is 2.63. The molecule has 0 unspecified atom stereocenters. The molecule has 7 heteroatoms. The highest BCUT2D eigenvalue weighted by molar-refractivity contribution is 6.35. The molecular weight excluding hydrogens is 375 g/mol. The van der Waals surface area contributed by atoms with Gasteiger partial charge in [-0.3, -0.25) is 4.79 Å². The summed E-state index contributed by atoms with van der Waals surface area (Å²) in [6, 6.07) is 9.56. The van der Waals surface area contributed by atoms with Gasteiger partial charge in [0.2, 0.25) is 0 Å². The third-order valence-electron chi connectivity index (χ3n) is 3.92. The maximum Gasteiger partial charge on any atom is 0.335 e. The lowest BCUT2D eigenvalue weighted by atomic mass is 10.1. The van der Waals surface area contributed by atoms with E-state index in [4.69, 9.17) is 28.3 Å². The van der Waals surface area contributed by atoms with E-state index in [-0.39, 0.29) is 16.8 Å². The number of rotatable bonds is 4. The molecule has 2 aromatic carbocycles. The van der Waals surface area contributed by atoms with Crippen LogP contribution in [-0.2, 0) is 6.54 Å². The van der Waals surface area contributed by atoms with Crippen LogP contribution in [0.3, 0.4) is 0 Å². The predicted octanol–water partition coefficient (Wildman–Crippen LogP) is 4.59. The second-order valence-corrected chi connectivity index (χ2v) is 6.40. The number of hydrogen-bond donors (Lipinski definition) is 1. The number of aromatic carboxylic acids is 1. The van der Waals surface area contributed by atoms with Gasteiger partial charge >= 0.3 is 5.97 Å². The Labute approximate surface area is 159 Å². The summed E-state index contributed by atoms with van der Waals surface area (Å²) in [6.07, 6.45) is 3.24. The van der Waals surface area contributed by atoms with Crippen LogP contribution in [0, 0.1) is 0 Å². The zero-order valence-corrected chi connectivity index (χ0v) is 15.3. The highest BCUT2D eigenvalue weighted by atomic mass is 35.5. The molecule has 0 atom stereocenters. The minimum absolute atomic E-state index is 0.113. The summed E-state index contributed by atoms with van der Waals surface area (Å²) in [5.41, 5.74) is 1.77. The van der Waals surface area contributed by atoms with Crippen molar-refractivity contribution >= 4 is 52.4 Å². The quantitative estimate of drug-likeness (QED) is 0.708. The first-order chi connectivity index (χ1) is 12.4. The Hall–Kier alpha value is -2.63. The Morgan fingerprint density at radius 3 is 2.62 bits per heavy atom. The Kier molecular flexibility index (Phi) is 5.11. The molecule has 0 saturated carbocycles. The van der Waals surface area contributed by atoms with Gasteiger partial charge in [-0.15, -0.1) is 0 Å². The van der Waals surface area contributed by atoms with E-state index in [9.17, 15) is 9.59 Å². The molecular formula is C19H14Cl2N2O3. The average molecular weight is 389 g/mol. The standard InChI is InChI=1S/C19H14Cl2N2O3/c1-2-23-17-8-5-12(19(25)26)9-16(17)22-15(18(23)24)7-4-11-3-6-13(20)10-14(11)21/h3-10H,2H2,1H3,(H,25,26)/b7-4+. The number of aryl methyl sites for hydroxylation is 1. The third-order valence-corrected chi connectivity index (χ3v) is 4.48. The molecule has 1 aromatic heterocycles. The van der Waals surface area contributed by atoms with Crippen LogP contribution in [0.25, 0.3) is 23.2 Å². The first-order valence-corrected chi connectivity index (χ1v) is 8.57. The van der Waals surface area contributed by atoms with Crippen molar-refractivity contribution in [3.63, 3.8) is 0 Å². The van der Waals surface area contributed by atoms with Gasteiger partial charge in [-0.05, 0) is 48.9 Å². The number of nitrogens with zero attached hydrogens (tertiary/aromatic N) is 2. The van der Waals surface area contributed by atoms with Crippen molar-refractivity contribution in [1.29, 1.82) is 0 Å². The van der Waals surface area contributed by atoms with E-state index in [2.05, 4.69) is 4.98 Å². The van der Waals surface area contributed by atoms with E-state index in [1.807, 2.05) is 6.92 Å². The van der Waals surface area contributed by atoms with Gasteiger partial charge in [0, 0.05) is 16.6 Å². The lowest BCUT2D eigenvalue weighted by Crippen LogP contribution is -2.23. The number of fused-ring (bicyclic) bond motifs is 1. The second kappa shape index (κ2) is 7.32. The van der Waals surface area contributed by atoms with Crippen LogP contribution in [-0.4, -0.2) is 20.6 Å². The summed E-state index contributed by atoms with van der Waals surface area (Å²) in [4.78, 5) is 28.2. The van der Waals surface area contributed by atoms with Gasteiger partial charge in [-0.1, -0.05) is 35.3 Å². The molecule has 0 aliphatic rings. The van der Waals surface area contributed by atoms with Crippen molar-refractivity contribution in [2.75, 3.05) is 0 Å². The van der Waals surface area contributed by atoms with Gasteiger partial charge in [-0.25, -0.2) is 9.78 Å². The van der Waals surface area contributed by atoms with Crippen molar-refractivity contribution in [2.45, 2.75) is 13.5 Å². The topological polar surface area (TPSA) is 72.2 Å². The average Bonchev–Trinajstić information content (AvgIpc) is 2.60. The Morgan fingerprint density at radius 2 is 1.96 bits per heavy atom. The highest BCUT2D eigenvalue weighted by Gasteiger charge is 2.11. The number of hydrogen-bond acceptors (Lipinski definition) is 3. The number of benzene rings is 2. The van der Waals surface area contributed by atoms with Crippen LogP contribution in [0.4, 0.5) is 0 Å². The van der Waals surface area contributed by atoms with E-state index in [0.29, 0.717) is 33.2 Å². The summed E-state index contributed by atoms with van der Waals surface area (Å²) in [7, 11) is 0. The first kappa shape index (κ1) is 18.2. The first-order valence-electron chi connectivity index (χ1n) is 7.81. The molecule has 0 radical (unpaired) electrons. The van der Waals surface area contributed by atoms with E-state index < -0.39 is 5.97 Å². The van der Waals surface area contributed by atoms with Crippen molar-refractivity contribution in [3.05, 3.63) is 73.6 Å². The van der Waals surface area contributed by atoms with Crippen molar-refractivity contribution in [3.8, 4) is 0 Å². The fraction of sp³-hybridized carbons (Fsp3) is 0.105. The van der Waals surface area contributed by atoms with Crippen LogP contribution in [0.5, 0.6) is 0 Å². The number of carboxylic acid groups (broad SMARTS) is 1. The third kappa shape index (κ3) is 3.49. The molecule has 0 aliphatic carbocycles. The van der Waals surface area contributed by atoms with Crippen LogP contribution >= 0.6 is 23.2 Å². The molecule has 26 heavy (non-hydrogen) atoms. The highest BCUT2D eigenvalue weighted by Crippen LogP contribution is 2.22. The molecule has 0 bridgehead atoms. The lowest BCUT2D eigenvalue weighted by molar-refractivity contribution is 0.0697. The molecule has 0 amide bonds. The van der Waals surface area contributed by atoms with Crippen molar-refractivity contribution in [2.24, 2.45) is 0 Å². The van der Waals surface area contributed by atoms with Gasteiger partial charge in [0.1, 0.15) is 5.69 Å². The number of aromatic nitrogens is 2. The smallest absolute Gasteiger partial charge is 0.335 e. The number of carboxylic acids is 1. The minimum atomic E-state index is -1.05. The molecule has 5 nitrogen and oxygen atoms in total. The van der Waals surface area contributed by atoms with E-state index in [0.717, 1.165) is 0 Å². The molecule has 3 rings (SSSR count). The molecule has 132 valence electrons. The van der Waals surface area contributed by atoms with Crippen LogP contribution in [0.1, 0.15) is 28.5 Å². The predicted molar refractivity (Wildman–Crippen MR) is 104 cm³/mol. The molecule has 3 aromatic rings. The zero-order valence-electron chi connectivity index (χ0n) is 13.7. The van der Waals surface area contributed by atoms with E-state index in [1.165, 1.54) is 12.1 Å². The van der Waals surface area contributed by atoms with Crippen molar-refractivity contribution in [1.82, 2.24) is 9.55 Å². The van der Waals surface area contributed by atoms with Gasteiger partial charge in [-0.2, -0.15) is 0 Å². The molecule has 0 spiro atoms. The normalized spacial score (nSPS) is 11.3. The van der Waals surface area contributed by atoms with Gasteiger partial charge < -0.3 is 9.67 Å². The molecule has 1 N–H and O–H groups in total. The molecule has 0 saturated heterocycles. The fourth-order valence-corrected chi connectivity index (χ4v) is 3.10. The molecule has 0 aliphatic heterocycles. The van der Waals surface area contributed by atoms with Gasteiger partial charge in [0.15, 0.2) is 0 Å². The number of halogens is 2. The Bertz CT molecular complexity index is 1100. The van der Waals surface area contributed by atoms with E-state index >= 15 is 0 Å². The second-order valence-electron chi connectivity index (χ2n) is 5.55. The monoisotopic (exact) mass is 388 g/mol. The van der Waals surface area contributed by atoms with Crippen LogP contribution in [0.2, 0.25) is 10.0 Å². The van der Waals surface area contributed by atoms with Gasteiger partial charge in [0.05, 0.1) is 16.6 Å². The lowest BCUT2D eigenvalue weighted by Gasteiger charge is -2.09. The zero-order chi connectivity index (χ0) is 18.8. The summed E-state index contributed by atoms with van der Waals surface area (Å²) >= 11 is 12.0. The Morgan fingerprint density at radius 1 is 1.19 bits per heavy atom. The maximum absolute atomic E-state index is 12.7. The SMILES string of the molecule is CCn1c(=O)c(/C=C/c2ccc(Cl)cc2Cl)nc2cc(C(=O)O)ccc21. The summed E-state index contributed by atoms with van der Waals surface area (Å²) in [5, 5.41) is 10.1. The number of carbonyl (C=O) groups is 1. The van der Waals surface area contributed by atoms with Gasteiger partial charge in [0.25, 0.3) is 5.56 Å². The maximum atomic E-state index is 12.7. The molecule has 1 heterocycles. The largest absolute Gasteiger partial charge is 0.478 e. The van der Waals surface area contributed by atoms with Crippen LogP contribution in [0.15, 0.2) is 41.2 Å². The Balaban J connectivity index is 2.15.